The minimum absolute atomic E-state index is 0.0654. The van der Waals surface area contributed by atoms with Crippen molar-refractivity contribution in [2.75, 3.05) is 13.2 Å². The lowest BCUT2D eigenvalue weighted by Crippen LogP contribution is -2.28. The Morgan fingerprint density at radius 2 is 0.512 bits per heavy atom. The first-order valence-electron chi connectivity index (χ1n) is 36.8. The second-order valence-electron chi connectivity index (χ2n) is 24.6. The van der Waals surface area contributed by atoms with Crippen molar-refractivity contribution in [1.82, 2.24) is 0 Å². The second kappa shape index (κ2) is 74.1. The van der Waals surface area contributed by atoms with E-state index in [1.165, 1.54) is 263 Å². The Morgan fingerprint density at radius 3 is 0.786 bits per heavy atom. The van der Waals surface area contributed by atoms with Crippen molar-refractivity contribution in [1.29, 1.82) is 0 Å². The van der Waals surface area contributed by atoms with Crippen LogP contribution in [-0.2, 0) is 19.1 Å². The number of hydrogen-bond acceptors (Lipinski definition) is 5. The van der Waals surface area contributed by atoms with Gasteiger partial charge in [-0.15, -0.1) is 0 Å². The van der Waals surface area contributed by atoms with Gasteiger partial charge in [0, 0.05) is 12.8 Å². The summed E-state index contributed by atoms with van der Waals surface area (Å²) in [6, 6.07) is 0. The number of allylic oxidation sites excluding steroid dienone is 16. The zero-order valence-corrected chi connectivity index (χ0v) is 55.9. The van der Waals surface area contributed by atoms with Gasteiger partial charge >= 0.3 is 11.9 Å². The minimum Gasteiger partial charge on any atom is -0.462 e. The van der Waals surface area contributed by atoms with Crippen LogP contribution in [0.2, 0.25) is 0 Å². The second-order valence-corrected chi connectivity index (χ2v) is 24.6. The summed E-state index contributed by atoms with van der Waals surface area (Å²) in [7, 11) is 0. The Morgan fingerprint density at radius 1 is 0.286 bits per heavy atom. The van der Waals surface area contributed by atoms with Crippen LogP contribution in [0.15, 0.2) is 97.2 Å². The Bertz CT molecular complexity index is 1560. The summed E-state index contributed by atoms with van der Waals surface area (Å²) in [5.41, 5.74) is 0. The Labute approximate surface area is 523 Å². The van der Waals surface area contributed by atoms with Gasteiger partial charge in [-0.05, 0) is 96.3 Å². The predicted octanol–water partition coefficient (Wildman–Crippen LogP) is 25.8. The number of unbranched alkanes of at least 4 members (excludes halogenated alkanes) is 44. The van der Waals surface area contributed by atoms with Crippen LogP contribution in [-0.4, -0.2) is 36.4 Å². The zero-order valence-electron chi connectivity index (χ0n) is 55.9. The number of esters is 2. The third-order valence-electron chi connectivity index (χ3n) is 16.4. The molecule has 0 heterocycles. The van der Waals surface area contributed by atoms with Gasteiger partial charge in [-0.2, -0.15) is 0 Å². The lowest BCUT2D eigenvalue weighted by molar-refractivity contribution is -0.161. The van der Waals surface area contributed by atoms with E-state index in [-0.39, 0.29) is 25.2 Å². The van der Waals surface area contributed by atoms with Crippen molar-refractivity contribution < 1.29 is 24.2 Å². The molecule has 0 aromatic carbocycles. The first-order valence-corrected chi connectivity index (χ1v) is 36.8. The Kier molecular flexibility index (Phi) is 71.3. The van der Waals surface area contributed by atoms with Gasteiger partial charge in [0.1, 0.15) is 6.61 Å². The molecule has 0 aromatic rings. The molecule has 0 aliphatic rings. The molecule has 0 fully saturated rings. The van der Waals surface area contributed by atoms with Gasteiger partial charge in [0.25, 0.3) is 0 Å². The molecule has 1 unspecified atom stereocenters. The summed E-state index contributed by atoms with van der Waals surface area (Å²) in [6.45, 7) is 4.07. The first kappa shape index (κ1) is 80.8. The highest BCUT2D eigenvalue weighted by Crippen LogP contribution is 2.18. The molecule has 0 saturated carbocycles. The van der Waals surface area contributed by atoms with Gasteiger partial charge in [0.05, 0.1) is 6.61 Å². The van der Waals surface area contributed by atoms with E-state index in [0.29, 0.717) is 12.8 Å². The van der Waals surface area contributed by atoms with Gasteiger partial charge in [-0.25, -0.2) is 0 Å². The van der Waals surface area contributed by atoms with Gasteiger partial charge < -0.3 is 14.6 Å². The maximum Gasteiger partial charge on any atom is 0.306 e. The molecule has 5 nitrogen and oxygen atoms in total. The van der Waals surface area contributed by atoms with E-state index in [0.717, 1.165) is 83.5 Å². The fraction of sp³-hybridized carbons (Fsp3) is 0.772. The summed E-state index contributed by atoms with van der Waals surface area (Å²) in [4.78, 5) is 24.7. The number of aliphatic hydroxyl groups is 1. The van der Waals surface area contributed by atoms with Crippen molar-refractivity contribution in [2.45, 2.75) is 380 Å². The predicted molar refractivity (Wildman–Crippen MR) is 371 cm³/mol. The zero-order chi connectivity index (χ0) is 60.5. The molecule has 84 heavy (non-hydrogen) atoms. The SMILES string of the molecule is CC/C=C\C/C=C\C/C=C\C/C=C\C/C=C\C/C=C\C/C=C\CCCCCCCCCCCCCCCC(=O)OC(CO)COC(=O)CCCCCCCCCCCCCCCCCCCCCCCCC/C=C\CCCCCCCCCC. The number of carbonyl (C=O) groups excluding carboxylic acids is 2. The molecule has 1 N–H and O–H groups in total. The molecule has 0 amide bonds. The average molecular weight is 1170 g/mol. The number of hydrogen-bond donors (Lipinski definition) is 1. The number of aliphatic hydroxyl groups excluding tert-OH is 1. The van der Waals surface area contributed by atoms with Crippen LogP contribution in [0.4, 0.5) is 0 Å². The number of ether oxygens (including phenoxy) is 2. The minimum atomic E-state index is -0.777. The van der Waals surface area contributed by atoms with Gasteiger partial charge in [0.2, 0.25) is 0 Å². The van der Waals surface area contributed by atoms with E-state index in [2.05, 4.69) is 111 Å². The van der Waals surface area contributed by atoms with E-state index >= 15 is 0 Å². The molecule has 0 aliphatic carbocycles. The van der Waals surface area contributed by atoms with Crippen LogP contribution in [0.3, 0.4) is 0 Å². The van der Waals surface area contributed by atoms with Crippen LogP contribution < -0.4 is 0 Å². The standard InChI is InChI=1S/C79H140O5/c1-3-5-7-9-11-13-15-17-19-21-23-25-27-29-31-33-35-37-39-41-43-45-47-49-51-53-55-57-59-61-63-65-67-69-71-73-78(81)83-76-77(75-80)84-79(82)74-72-70-68-66-64-62-60-58-56-54-52-50-48-46-44-42-40-38-36-34-32-30-28-26-24-22-20-18-16-14-12-10-8-6-4-2/h6,8,12,14,18,20-21,23-24,26,30,32,36,38,42,44,77,80H,3-5,7,9-11,13,15-17,19,22,25,27-29,31,33-35,37,39-41,43,45-76H2,1-2H3/b8-6-,14-12-,20-18-,23-21-,26-24-,32-30-,38-36-,44-42-. The highest BCUT2D eigenvalue weighted by molar-refractivity contribution is 5.70. The van der Waals surface area contributed by atoms with E-state index in [1.807, 2.05) is 0 Å². The topological polar surface area (TPSA) is 72.8 Å². The lowest BCUT2D eigenvalue weighted by Gasteiger charge is -2.15. The van der Waals surface area contributed by atoms with Gasteiger partial charge in [0.15, 0.2) is 6.10 Å². The summed E-state index contributed by atoms with van der Waals surface area (Å²) in [6.07, 6.45) is 106. The van der Waals surface area contributed by atoms with Crippen LogP contribution in [0.5, 0.6) is 0 Å². The molecular formula is C79H140O5. The molecule has 5 heteroatoms. The monoisotopic (exact) mass is 1170 g/mol. The summed E-state index contributed by atoms with van der Waals surface area (Å²) in [5, 5.41) is 9.71. The van der Waals surface area contributed by atoms with Crippen molar-refractivity contribution >= 4 is 11.9 Å². The maximum absolute atomic E-state index is 12.4. The van der Waals surface area contributed by atoms with E-state index in [1.54, 1.807) is 0 Å². The highest BCUT2D eigenvalue weighted by atomic mass is 16.6. The van der Waals surface area contributed by atoms with Crippen LogP contribution in [0, 0.1) is 0 Å². The Hall–Kier alpha value is -3.18. The van der Waals surface area contributed by atoms with Gasteiger partial charge in [-0.1, -0.05) is 361 Å². The van der Waals surface area contributed by atoms with Crippen LogP contribution in [0.25, 0.3) is 0 Å². The smallest absolute Gasteiger partial charge is 0.306 e. The molecule has 486 valence electrons. The molecule has 0 radical (unpaired) electrons. The van der Waals surface area contributed by atoms with E-state index in [9.17, 15) is 14.7 Å². The van der Waals surface area contributed by atoms with Crippen LogP contribution >= 0.6 is 0 Å². The fourth-order valence-corrected chi connectivity index (χ4v) is 10.9. The fourth-order valence-electron chi connectivity index (χ4n) is 10.9. The molecule has 0 spiro atoms. The van der Waals surface area contributed by atoms with E-state index in [4.69, 9.17) is 9.47 Å². The summed E-state index contributed by atoms with van der Waals surface area (Å²) in [5.74, 6) is -0.578. The van der Waals surface area contributed by atoms with Crippen molar-refractivity contribution in [3.8, 4) is 0 Å². The highest BCUT2D eigenvalue weighted by Gasteiger charge is 2.16. The van der Waals surface area contributed by atoms with Crippen molar-refractivity contribution in [3.63, 3.8) is 0 Å². The molecule has 0 rings (SSSR count). The average Bonchev–Trinajstić information content (AvgIpc) is 3.51. The maximum atomic E-state index is 12.4. The van der Waals surface area contributed by atoms with E-state index < -0.39 is 6.10 Å². The summed E-state index contributed by atoms with van der Waals surface area (Å²) >= 11 is 0. The molecule has 0 aromatic heterocycles. The molecule has 1 atom stereocenters. The third-order valence-corrected chi connectivity index (χ3v) is 16.4. The largest absolute Gasteiger partial charge is 0.462 e. The lowest BCUT2D eigenvalue weighted by atomic mass is 10.0. The third kappa shape index (κ3) is 71.3. The van der Waals surface area contributed by atoms with Gasteiger partial charge in [-0.3, -0.25) is 9.59 Å². The van der Waals surface area contributed by atoms with Crippen molar-refractivity contribution in [3.05, 3.63) is 97.2 Å². The number of rotatable bonds is 68. The number of carbonyl (C=O) groups is 2. The quantitative estimate of drug-likeness (QED) is 0.0373. The molecule has 0 aliphatic heterocycles. The van der Waals surface area contributed by atoms with Crippen LogP contribution in [0.1, 0.15) is 373 Å². The molecule has 0 bridgehead atoms. The summed E-state index contributed by atoms with van der Waals surface area (Å²) < 4.78 is 10.8. The Balaban J connectivity index is 3.44. The van der Waals surface area contributed by atoms with Crippen molar-refractivity contribution in [2.24, 2.45) is 0 Å². The molecule has 0 saturated heterocycles. The first-order chi connectivity index (χ1) is 41.6. The molecular weight excluding hydrogens is 1030 g/mol. The normalized spacial score (nSPS) is 12.8.